The zero-order valence-electron chi connectivity index (χ0n) is 8.15. The van der Waals surface area contributed by atoms with Gasteiger partial charge in [0.1, 0.15) is 12.0 Å². The highest BCUT2D eigenvalue weighted by Crippen LogP contribution is 2.18. The lowest BCUT2D eigenvalue weighted by Gasteiger charge is -2.00. The molecular formula is C10H13N3. The summed E-state index contributed by atoms with van der Waals surface area (Å²) in [6.07, 6.45) is 3.58. The minimum atomic E-state index is 0.472. The normalized spacial score (nSPS) is 11.4. The maximum atomic E-state index is 4.53. The molecule has 2 rings (SSSR count). The lowest BCUT2D eigenvalue weighted by molar-refractivity contribution is 0.820. The molecule has 0 atom stereocenters. The van der Waals surface area contributed by atoms with Crippen LogP contribution in [0.2, 0.25) is 0 Å². The zero-order valence-corrected chi connectivity index (χ0v) is 8.15. The fraction of sp³-hybridized carbons (Fsp3) is 0.400. The smallest absolute Gasteiger partial charge is 0.139 e. The third kappa shape index (κ3) is 1.20. The molecule has 0 aliphatic carbocycles. The molecule has 2 heterocycles. The maximum Gasteiger partial charge on any atom is 0.139 e. The van der Waals surface area contributed by atoms with Crippen molar-refractivity contribution in [1.29, 1.82) is 0 Å². The van der Waals surface area contributed by atoms with E-state index < -0.39 is 0 Å². The molecule has 3 heteroatoms. The summed E-state index contributed by atoms with van der Waals surface area (Å²) in [5, 5.41) is 0. The highest BCUT2D eigenvalue weighted by Gasteiger charge is 2.10. The van der Waals surface area contributed by atoms with E-state index in [0.717, 1.165) is 11.3 Å². The quantitative estimate of drug-likeness (QED) is 0.664. The molecule has 3 nitrogen and oxygen atoms in total. The van der Waals surface area contributed by atoms with E-state index in [1.807, 2.05) is 16.8 Å². The van der Waals surface area contributed by atoms with Gasteiger partial charge in [0, 0.05) is 11.9 Å². The molecule has 0 saturated heterocycles. The number of nitrogens with zero attached hydrogens (tertiary/aromatic N) is 3. The molecule has 0 amide bonds. The maximum absolute atomic E-state index is 4.53. The van der Waals surface area contributed by atoms with Crippen molar-refractivity contribution < 1.29 is 0 Å². The standard InChI is InChI=1S/C10H13N3/c1-7(2)10-8(3)13-6-11-5-4-9(13)12-10/h4-7H,1-3H3. The second kappa shape index (κ2) is 2.83. The van der Waals surface area contributed by atoms with Gasteiger partial charge in [0.15, 0.2) is 0 Å². The Morgan fingerprint density at radius 1 is 1.38 bits per heavy atom. The fourth-order valence-electron chi connectivity index (χ4n) is 1.58. The molecule has 0 fully saturated rings. The molecule has 13 heavy (non-hydrogen) atoms. The molecular weight excluding hydrogens is 162 g/mol. The number of hydrogen-bond donors (Lipinski definition) is 0. The molecule has 0 N–H and O–H groups in total. The lowest BCUT2D eigenvalue weighted by Crippen LogP contribution is -1.92. The summed E-state index contributed by atoms with van der Waals surface area (Å²) < 4.78 is 2.02. The largest absolute Gasteiger partial charge is 0.287 e. The van der Waals surface area contributed by atoms with Crippen LogP contribution in [-0.4, -0.2) is 14.4 Å². The molecule has 0 saturated carbocycles. The van der Waals surface area contributed by atoms with Crippen molar-refractivity contribution in [3.63, 3.8) is 0 Å². The van der Waals surface area contributed by atoms with E-state index in [-0.39, 0.29) is 0 Å². The molecule has 0 unspecified atom stereocenters. The Balaban J connectivity index is 2.74. The Morgan fingerprint density at radius 3 is 2.77 bits per heavy atom. The van der Waals surface area contributed by atoms with Gasteiger partial charge in [-0.3, -0.25) is 4.40 Å². The van der Waals surface area contributed by atoms with Crippen molar-refractivity contribution in [2.45, 2.75) is 26.7 Å². The van der Waals surface area contributed by atoms with E-state index in [2.05, 4.69) is 30.7 Å². The van der Waals surface area contributed by atoms with Gasteiger partial charge in [-0.15, -0.1) is 0 Å². The molecule has 68 valence electrons. The van der Waals surface area contributed by atoms with Gasteiger partial charge in [-0.1, -0.05) is 13.8 Å². The van der Waals surface area contributed by atoms with Crippen molar-refractivity contribution >= 4 is 5.65 Å². The van der Waals surface area contributed by atoms with Crippen molar-refractivity contribution in [3.05, 3.63) is 30.0 Å². The molecule has 0 spiro atoms. The number of rotatable bonds is 1. The van der Waals surface area contributed by atoms with Crippen LogP contribution in [0.25, 0.3) is 5.65 Å². The van der Waals surface area contributed by atoms with Crippen molar-refractivity contribution in [2.75, 3.05) is 0 Å². The van der Waals surface area contributed by atoms with E-state index in [1.54, 1.807) is 6.20 Å². The Hall–Kier alpha value is -1.38. The summed E-state index contributed by atoms with van der Waals surface area (Å²) in [4.78, 5) is 8.60. The zero-order chi connectivity index (χ0) is 9.42. The molecule has 0 aromatic carbocycles. The molecule has 0 aliphatic heterocycles. The van der Waals surface area contributed by atoms with Gasteiger partial charge in [-0.2, -0.15) is 0 Å². The van der Waals surface area contributed by atoms with Gasteiger partial charge < -0.3 is 0 Å². The Labute approximate surface area is 77.4 Å². The Morgan fingerprint density at radius 2 is 2.15 bits per heavy atom. The molecule has 2 aromatic rings. The van der Waals surface area contributed by atoms with E-state index in [0.29, 0.717) is 5.92 Å². The Bertz CT molecular complexity index is 429. The summed E-state index contributed by atoms with van der Waals surface area (Å²) >= 11 is 0. The molecule has 0 aliphatic rings. The minimum absolute atomic E-state index is 0.472. The Kier molecular flexibility index (Phi) is 1.79. The fourth-order valence-corrected chi connectivity index (χ4v) is 1.58. The van der Waals surface area contributed by atoms with Crippen LogP contribution < -0.4 is 0 Å². The first kappa shape index (κ1) is 8.23. The average Bonchev–Trinajstić information content (AvgIpc) is 2.45. The van der Waals surface area contributed by atoms with E-state index in [4.69, 9.17) is 0 Å². The van der Waals surface area contributed by atoms with Crippen molar-refractivity contribution in [3.8, 4) is 0 Å². The summed E-state index contributed by atoms with van der Waals surface area (Å²) in [6.45, 7) is 6.39. The molecule has 0 bridgehead atoms. The monoisotopic (exact) mass is 175 g/mol. The predicted molar refractivity (Wildman–Crippen MR) is 51.8 cm³/mol. The summed E-state index contributed by atoms with van der Waals surface area (Å²) in [5.41, 5.74) is 3.34. The average molecular weight is 175 g/mol. The SMILES string of the molecule is Cc1c(C(C)C)nc2ccncn12. The van der Waals surface area contributed by atoms with Gasteiger partial charge >= 0.3 is 0 Å². The van der Waals surface area contributed by atoms with Crippen LogP contribution in [0.5, 0.6) is 0 Å². The first-order valence-electron chi connectivity index (χ1n) is 4.48. The predicted octanol–water partition coefficient (Wildman–Crippen LogP) is 2.16. The summed E-state index contributed by atoms with van der Waals surface area (Å²) in [6, 6.07) is 1.93. The first-order valence-corrected chi connectivity index (χ1v) is 4.48. The number of aryl methyl sites for hydroxylation is 1. The highest BCUT2D eigenvalue weighted by atomic mass is 15.1. The van der Waals surface area contributed by atoms with Crippen LogP contribution in [0, 0.1) is 6.92 Å². The second-order valence-electron chi connectivity index (χ2n) is 3.55. The van der Waals surface area contributed by atoms with Gasteiger partial charge in [0.2, 0.25) is 0 Å². The van der Waals surface area contributed by atoms with Crippen LogP contribution in [0.4, 0.5) is 0 Å². The first-order chi connectivity index (χ1) is 6.20. The van der Waals surface area contributed by atoms with Crippen LogP contribution in [0.15, 0.2) is 18.6 Å². The van der Waals surface area contributed by atoms with Crippen LogP contribution >= 0.6 is 0 Å². The van der Waals surface area contributed by atoms with Crippen LogP contribution in [0.1, 0.15) is 31.2 Å². The third-order valence-corrected chi connectivity index (χ3v) is 2.25. The van der Waals surface area contributed by atoms with Crippen molar-refractivity contribution in [2.24, 2.45) is 0 Å². The topological polar surface area (TPSA) is 30.2 Å². The summed E-state index contributed by atoms with van der Waals surface area (Å²) in [5.74, 6) is 0.472. The van der Waals surface area contributed by atoms with E-state index in [1.165, 1.54) is 5.69 Å². The minimum Gasteiger partial charge on any atom is -0.287 e. The summed E-state index contributed by atoms with van der Waals surface area (Å²) in [7, 11) is 0. The number of aromatic nitrogens is 3. The van der Waals surface area contributed by atoms with Crippen LogP contribution in [-0.2, 0) is 0 Å². The molecule has 2 aromatic heterocycles. The highest BCUT2D eigenvalue weighted by molar-refractivity contribution is 5.42. The van der Waals surface area contributed by atoms with E-state index >= 15 is 0 Å². The second-order valence-corrected chi connectivity index (χ2v) is 3.55. The lowest BCUT2D eigenvalue weighted by atomic mass is 10.1. The van der Waals surface area contributed by atoms with Gasteiger partial charge in [-0.25, -0.2) is 9.97 Å². The van der Waals surface area contributed by atoms with E-state index in [9.17, 15) is 0 Å². The van der Waals surface area contributed by atoms with Gasteiger partial charge in [-0.05, 0) is 18.9 Å². The third-order valence-electron chi connectivity index (χ3n) is 2.25. The molecule has 0 radical (unpaired) electrons. The van der Waals surface area contributed by atoms with Crippen LogP contribution in [0.3, 0.4) is 0 Å². The number of hydrogen-bond acceptors (Lipinski definition) is 2. The van der Waals surface area contributed by atoms with Gasteiger partial charge in [0.25, 0.3) is 0 Å². The van der Waals surface area contributed by atoms with Crippen molar-refractivity contribution in [1.82, 2.24) is 14.4 Å². The number of fused-ring (bicyclic) bond motifs is 1. The number of imidazole rings is 1. The van der Waals surface area contributed by atoms with Gasteiger partial charge in [0.05, 0.1) is 5.69 Å².